The van der Waals surface area contributed by atoms with Crippen molar-refractivity contribution in [2.75, 3.05) is 38.3 Å². The number of rotatable bonds is 9. The zero-order valence-corrected chi connectivity index (χ0v) is 23.6. The average Bonchev–Trinajstić information content (AvgIpc) is 3.58. The Balaban J connectivity index is 1.53. The Morgan fingerprint density at radius 1 is 1.00 bits per heavy atom. The second-order valence-corrected chi connectivity index (χ2v) is 10.5. The van der Waals surface area contributed by atoms with E-state index >= 15 is 0 Å². The molecule has 0 radical (unpaired) electrons. The summed E-state index contributed by atoms with van der Waals surface area (Å²) in [5.41, 5.74) is 8.57. The first kappa shape index (κ1) is 27.6. The molecule has 0 spiro atoms. The first-order valence-corrected chi connectivity index (χ1v) is 13.6. The van der Waals surface area contributed by atoms with Crippen molar-refractivity contribution >= 4 is 45.7 Å². The highest BCUT2D eigenvalue weighted by molar-refractivity contribution is 7.09. The van der Waals surface area contributed by atoms with Crippen LogP contribution in [0.4, 0.5) is 11.5 Å². The number of carbonyl (C=O) groups excluding carboxylic acids is 2. The van der Waals surface area contributed by atoms with Crippen LogP contribution in [0.1, 0.15) is 15.4 Å². The number of anilines is 2. The fourth-order valence-corrected chi connectivity index (χ4v) is 4.95. The lowest BCUT2D eigenvalue weighted by molar-refractivity contribution is -0.113. The van der Waals surface area contributed by atoms with Crippen LogP contribution < -0.4 is 16.3 Å². The van der Waals surface area contributed by atoms with E-state index in [4.69, 9.17) is 5.73 Å². The van der Waals surface area contributed by atoms with Crippen molar-refractivity contribution in [2.45, 2.75) is 6.42 Å². The lowest BCUT2D eigenvalue weighted by Gasteiger charge is -2.16. The Bertz CT molecular complexity index is 1800. The van der Waals surface area contributed by atoms with Crippen LogP contribution >= 0.6 is 11.3 Å². The van der Waals surface area contributed by atoms with Gasteiger partial charge in [0.05, 0.1) is 17.8 Å². The highest BCUT2D eigenvalue weighted by Gasteiger charge is 2.21. The molecule has 0 saturated carbocycles. The normalized spacial score (nSPS) is 11.5. The zero-order chi connectivity index (χ0) is 29.1. The van der Waals surface area contributed by atoms with Crippen LogP contribution in [0.3, 0.4) is 0 Å². The molecule has 0 fully saturated rings. The van der Waals surface area contributed by atoms with E-state index in [0.29, 0.717) is 40.3 Å². The molecule has 3 aromatic heterocycles. The number of hydrogen-bond donors (Lipinski definition) is 1. The molecule has 1 amide bonds. The van der Waals surface area contributed by atoms with E-state index < -0.39 is 5.69 Å². The van der Waals surface area contributed by atoms with Crippen LogP contribution in [0.5, 0.6) is 0 Å². The number of carbonyl (C=O) groups is 2. The molecule has 41 heavy (non-hydrogen) atoms. The fourth-order valence-electron chi connectivity index (χ4n) is 4.34. The number of Topliss-reactive ketones (excluding diaryl/α,β-unsaturated/α-hetero) is 1. The summed E-state index contributed by atoms with van der Waals surface area (Å²) in [5.74, 6) is -0.143. The number of hydrogen-bond acceptors (Lipinski definition) is 9. The number of fused-ring (bicyclic) bond motifs is 1. The maximum Gasteiger partial charge on any atom is 0.339 e. The lowest BCUT2D eigenvalue weighted by atomic mass is 10.1. The topological polar surface area (TPSA) is 132 Å². The second-order valence-electron chi connectivity index (χ2n) is 9.54. The molecule has 12 heteroatoms. The Morgan fingerprint density at radius 2 is 1.78 bits per heavy atom. The maximum atomic E-state index is 13.9. The van der Waals surface area contributed by atoms with Crippen LogP contribution in [0.15, 0.2) is 83.4 Å². The number of nitrogens with zero attached hydrogens (tertiary/aromatic N) is 7. The predicted molar refractivity (Wildman–Crippen MR) is 160 cm³/mol. The van der Waals surface area contributed by atoms with Crippen molar-refractivity contribution in [1.82, 2.24) is 29.0 Å². The molecule has 208 valence electrons. The summed E-state index contributed by atoms with van der Waals surface area (Å²) in [4.78, 5) is 55.5. The molecule has 0 saturated heterocycles. The Labute approximate surface area is 239 Å². The van der Waals surface area contributed by atoms with Crippen molar-refractivity contribution in [1.29, 1.82) is 0 Å². The third kappa shape index (κ3) is 5.69. The van der Waals surface area contributed by atoms with Gasteiger partial charge in [-0.1, -0.05) is 12.1 Å². The highest BCUT2D eigenvalue weighted by atomic mass is 32.1. The van der Waals surface area contributed by atoms with Gasteiger partial charge in [-0.3, -0.25) is 14.2 Å². The second kappa shape index (κ2) is 11.7. The molecule has 2 N–H and O–H groups in total. The molecule has 0 aliphatic heterocycles. The van der Waals surface area contributed by atoms with Gasteiger partial charge in [0, 0.05) is 42.5 Å². The molecule has 0 unspecified atom stereocenters. The quantitative estimate of drug-likeness (QED) is 0.212. The number of amides is 1. The number of aromatic nitrogens is 5. The van der Waals surface area contributed by atoms with E-state index in [9.17, 15) is 14.4 Å². The molecule has 5 aromatic rings. The minimum atomic E-state index is -0.425. The molecule has 0 aliphatic carbocycles. The summed E-state index contributed by atoms with van der Waals surface area (Å²) in [6.07, 6.45) is 6.48. The average molecular weight is 569 g/mol. The molecule has 0 bridgehead atoms. The number of imidazole rings is 1. The number of nitrogens with two attached hydrogens (primary N) is 1. The summed E-state index contributed by atoms with van der Waals surface area (Å²) in [6, 6.07) is 13.8. The molecule has 5 rings (SSSR count). The van der Waals surface area contributed by atoms with Crippen molar-refractivity contribution in [2.24, 2.45) is 0 Å². The number of ketones is 1. The lowest BCUT2D eigenvalue weighted by Crippen LogP contribution is -2.25. The SMILES string of the molecule is CN(C)C/C=C/C(=O)N(C)c1cccc(-n2c(=O)n(-c3ccc(C(=O)Cc4nccs4)cc3)c3c(N)ncnc32)c1. The molecule has 2 aromatic carbocycles. The van der Waals surface area contributed by atoms with Gasteiger partial charge in [0.25, 0.3) is 0 Å². The zero-order valence-electron chi connectivity index (χ0n) is 22.8. The number of benzene rings is 2. The van der Waals surface area contributed by atoms with Gasteiger partial charge in [-0.2, -0.15) is 0 Å². The molecule has 0 atom stereocenters. The van der Waals surface area contributed by atoms with Crippen molar-refractivity contribution in [3.63, 3.8) is 0 Å². The molecule has 11 nitrogen and oxygen atoms in total. The van der Waals surface area contributed by atoms with Gasteiger partial charge < -0.3 is 15.5 Å². The number of thiazole rings is 1. The largest absolute Gasteiger partial charge is 0.382 e. The van der Waals surface area contributed by atoms with E-state index in [0.717, 1.165) is 5.01 Å². The van der Waals surface area contributed by atoms with E-state index in [2.05, 4.69) is 15.0 Å². The Kier molecular flexibility index (Phi) is 7.86. The van der Waals surface area contributed by atoms with Crippen LogP contribution in [0, 0.1) is 0 Å². The van der Waals surface area contributed by atoms with E-state index in [1.54, 1.807) is 67.9 Å². The maximum absolute atomic E-state index is 13.9. The third-order valence-electron chi connectivity index (χ3n) is 6.43. The van der Waals surface area contributed by atoms with Crippen molar-refractivity contribution in [3.8, 4) is 11.4 Å². The van der Waals surface area contributed by atoms with Gasteiger partial charge in [0.15, 0.2) is 17.2 Å². The Hall–Kier alpha value is -4.94. The standard InChI is InChI=1S/C29H28N8O3S/c1-34(2)14-5-8-25(39)35(3)21-6-4-7-22(16-21)37-28-26(27(30)32-18-33-28)36(29(37)40)20-11-9-19(10-12-20)23(38)17-24-31-13-15-41-24/h4-13,15-16,18H,14,17H2,1-3H3,(H2,30,32,33)/b8-5+. The predicted octanol–water partition coefficient (Wildman–Crippen LogP) is 3.12. The highest BCUT2D eigenvalue weighted by Crippen LogP contribution is 2.25. The van der Waals surface area contributed by atoms with E-state index in [1.165, 1.54) is 37.8 Å². The van der Waals surface area contributed by atoms with Gasteiger partial charge in [-0.15, -0.1) is 11.3 Å². The molecule has 3 heterocycles. The fraction of sp³-hybridized carbons (Fsp3) is 0.172. The van der Waals surface area contributed by atoms with Gasteiger partial charge >= 0.3 is 5.69 Å². The van der Waals surface area contributed by atoms with Crippen LogP contribution in [0.2, 0.25) is 0 Å². The van der Waals surface area contributed by atoms with Crippen LogP contribution in [-0.4, -0.2) is 68.4 Å². The number of likely N-dealkylation sites (N-methyl/N-ethyl adjacent to an activating group) is 2. The summed E-state index contributed by atoms with van der Waals surface area (Å²) in [7, 11) is 5.51. The molecular formula is C29H28N8O3S. The van der Waals surface area contributed by atoms with Crippen LogP contribution in [0.25, 0.3) is 22.5 Å². The van der Waals surface area contributed by atoms with Crippen LogP contribution in [-0.2, 0) is 11.2 Å². The van der Waals surface area contributed by atoms with Crippen molar-refractivity contribution in [3.05, 3.63) is 99.6 Å². The minimum absolute atomic E-state index is 0.0730. The number of nitrogen functional groups attached to an aromatic ring is 1. The van der Waals surface area contributed by atoms with Gasteiger partial charge in [-0.25, -0.2) is 24.3 Å². The van der Waals surface area contributed by atoms with Crippen molar-refractivity contribution < 1.29 is 9.59 Å². The van der Waals surface area contributed by atoms with E-state index in [-0.39, 0.29) is 23.9 Å². The van der Waals surface area contributed by atoms with E-state index in [1.807, 2.05) is 24.4 Å². The molecular weight excluding hydrogens is 540 g/mol. The molecule has 0 aliphatic rings. The van der Waals surface area contributed by atoms with Gasteiger partial charge in [0.1, 0.15) is 16.9 Å². The van der Waals surface area contributed by atoms with Gasteiger partial charge in [-0.05, 0) is 56.6 Å². The third-order valence-corrected chi connectivity index (χ3v) is 7.21. The van der Waals surface area contributed by atoms with Gasteiger partial charge in [0.2, 0.25) is 5.91 Å². The first-order valence-electron chi connectivity index (χ1n) is 12.7. The summed E-state index contributed by atoms with van der Waals surface area (Å²) in [6.45, 7) is 0.636. The minimum Gasteiger partial charge on any atom is -0.382 e. The smallest absolute Gasteiger partial charge is 0.339 e. The monoisotopic (exact) mass is 568 g/mol. The summed E-state index contributed by atoms with van der Waals surface area (Å²) < 4.78 is 2.85. The summed E-state index contributed by atoms with van der Waals surface area (Å²) in [5, 5.41) is 2.57. The summed E-state index contributed by atoms with van der Waals surface area (Å²) >= 11 is 1.43. The first-order chi connectivity index (χ1) is 19.7. The Morgan fingerprint density at radius 3 is 2.49 bits per heavy atom.